The van der Waals surface area contributed by atoms with Crippen molar-refractivity contribution in [3.63, 3.8) is 0 Å². The van der Waals surface area contributed by atoms with Crippen LogP contribution in [-0.4, -0.2) is 17.3 Å². The number of aromatic nitrogens is 1. The fraction of sp³-hybridized carbons (Fsp3) is 0.500. The first-order valence-corrected chi connectivity index (χ1v) is 5.13. The number of thiol groups is 1. The first kappa shape index (κ1) is 10.4. The normalized spacial score (nSPS) is 10.0. The molecule has 72 valence electrons. The molecule has 1 heterocycles. The van der Waals surface area contributed by atoms with Crippen LogP contribution in [0.25, 0.3) is 0 Å². The van der Waals surface area contributed by atoms with Gasteiger partial charge in [-0.2, -0.15) is 12.6 Å². The maximum Gasteiger partial charge on any atom is 0.140 e. The molecule has 0 fully saturated rings. The van der Waals surface area contributed by atoms with Crippen molar-refractivity contribution in [3.8, 4) is 5.75 Å². The summed E-state index contributed by atoms with van der Waals surface area (Å²) in [5, 5.41) is 0. The highest BCUT2D eigenvalue weighted by atomic mass is 32.1. The van der Waals surface area contributed by atoms with Gasteiger partial charge in [0.05, 0.1) is 12.3 Å². The Morgan fingerprint density at radius 3 is 3.00 bits per heavy atom. The number of rotatable bonds is 5. The van der Waals surface area contributed by atoms with Gasteiger partial charge >= 0.3 is 0 Å². The number of hydrogen-bond acceptors (Lipinski definition) is 3. The van der Waals surface area contributed by atoms with E-state index in [2.05, 4.69) is 17.6 Å². The third-order valence-corrected chi connectivity index (χ3v) is 2.08. The number of pyridine rings is 1. The quantitative estimate of drug-likeness (QED) is 0.578. The van der Waals surface area contributed by atoms with Gasteiger partial charge < -0.3 is 4.74 Å². The minimum Gasteiger partial charge on any atom is -0.492 e. The standard InChI is InChI=1S/C10H15NOS/c1-9-10(5-4-6-11-9)12-7-2-3-8-13/h4-6,13H,2-3,7-8H2,1H3. The largest absolute Gasteiger partial charge is 0.492 e. The van der Waals surface area contributed by atoms with E-state index in [1.54, 1.807) is 6.20 Å². The topological polar surface area (TPSA) is 22.1 Å². The van der Waals surface area contributed by atoms with Gasteiger partial charge in [0, 0.05) is 6.20 Å². The molecule has 1 aromatic heterocycles. The lowest BCUT2D eigenvalue weighted by Gasteiger charge is -2.06. The molecule has 0 aliphatic carbocycles. The van der Waals surface area contributed by atoms with E-state index in [1.807, 2.05) is 19.1 Å². The van der Waals surface area contributed by atoms with Crippen molar-refractivity contribution in [1.29, 1.82) is 0 Å². The first-order chi connectivity index (χ1) is 6.34. The van der Waals surface area contributed by atoms with Gasteiger partial charge in [-0.1, -0.05) is 0 Å². The van der Waals surface area contributed by atoms with Crippen LogP contribution in [0.3, 0.4) is 0 Å². The van der Waals surface area contributed by atoms with Gasteiger partial charge in [-0.15, -0.1) is 0 Å². The van der Waals surface area contributed by atoms with Gasteiger partial charge in [0.25, 0.3) is 0 Å². The number of unbranched alkanes of at least 4 members (excludes halogenated alkanes) is 1. The summed E-state index contributed by atoms with van der Waals surface area (Å²) in [7, 11) is 0. The second kappa shape index (κ2) is 5.86. The fourth-order valence-electron chi connectivity index (χ4n) is 1.02. The maximum absolute atomic E-state index is 5.54. The van der Waals surface area contributed by atoms with Crippen molar-refractivity contribution in [1.82, 2.24) is 4.98 Å². The smallest absolute Gasteiger partial charge is 0.140 e. The highest BCUT2D eigenvalue weighted by Gasteiger charge is 1.97. The molecule has 0 aliphatic rings. The summed E-state index contributed by atoms with van der Waals surface area (Å²) in [4.78, 5) is 4.14. The monoisotopic (exact) mass is 197 g/mol. The first-order valence-electron chi connectivity index (χ1n) is 4.50. The van der Waals surface area contributed by atoms with Gasteiger partial charge in [-0.25, -0.2) is 0 Å². The van der Waals surface area contributed by atoms with Gasteiger partial charge in [0.15, 0.2) is 0 Å². The second-order valence-corrected chi connectivity index (χ2v) is 3.31. The lowest BCUT2D eigenvalue weighted by atomic mass is 10.3. The zero-order valence-electron chi connectivity index (χ0n) is 7.86. The predicted molar refractivity (Wildman–Crippen MR) is 57.6 cm³/mol. The summed E-state index contributed by atoms with van der Waals surface area (Å²) in [6.45, 7) is 2.71. The lowest BCUT2D eigenvalue weighted by molar-refractivity contribution is 0.306. The average Bonchev–Trinajstić information content (AvgIpc) is 2.15. The van der Waals surface area contributed by atoms with E-state index in [0.717, 1.165) is 36.6 Å². The Kier molecular flexibility index (Phi) is 4.68. The molecular weight excluding hydrogens is 182 g/mol. The average molecular weight is 197 g/mol. The predicted octanol–water partition coefficient (Wildman–Crippen LogP) is 2.48. The molecule has 0 saturated heterocycles. The Bertz CT molecular complexity index is 252. The summed E-state index contributed by atoms with van der Waals surface area (Å²) in [6, 6.07) is 3.84. The van der Waals surface area contributed by atoms with Crippen molar-refractivity contribution >= 4 is 12.6 Å². The number of aryl methyl sites for hydroxylation is 1. The maximum atomic E-state index is 5.54. The van der Waals surface area contributed by atoms with Crippen molar-refractivity contribution in [2.24, 2.45) is 0 Å². The SMILES string of the molecule is Cc1ncccc1OCCCCS. The molecule has 0 aliphatic heterocycles. The van der Waals surface area contributed by atoms with Crippen LogP contribution in [0.5, 0.6) is 5.75 Å². The van der Waals surface area contributed by atoms with Crippen LogP contribution in [0.4, 0.5) is 0 Å². The minimum absolute atomic E-state index is 0.757. The lowest BCUT2D eigenvalue weighted by Crippen LogP contribution is -1.99. The molecule has 2 nitrogen and oxygen atoms in total. The Morgan fingerprint density at radius 1 is 1.46 bits per heavy atom. The molecule has 0 amide bonds. The molecule has 0 spiro atoms. The number of nitrogens with zero attached hydrogens (tertiary/aromatic N) is 1. The van der Waals surface area contributed by atoms with Crippen LogP contribution in [0.2, 0.25) is 0 Å². The van der Waals surface area contributed by atoms with Gasteiger partial charge in [0.1, 0.15) is 5.75 Å². The molecule has 13 heavy (non-hydrogen) atoms. The molecule has 0 unspecified atom stereocenters. The van der Waals surface area contributed by atoms with Crippen molar-refractivity contribution in [3.05, 3.63) is 24.0 Å². The summed E-state index contributed by atoms with van der Waals surface area (Å²) in [6.07, 6.45) is 3.93. The molecule has 0 aromatic carbocycles. The van der Waals surface area contributed by atoms with E-state index in [0.29, 0.717) is 0 Å². The van der Waals surface area contributed by atoms with E-state index in [-0.39, 0.29) is 0 Å². The van der Waals surface area contributed by atoms with Crippen LogP contribution in [-0.2, 0) is 0 Å². The molecule has 0 atom stereocenters. The Labute approximate surface area is 84.7 Å². The molecule has 1 aromatic rings. The van der Waals surface area contributed by atoms with E-state index in [9.17, 15) is 0 Å². The fourth-order valence-corrected chi connectivity index (χ4v) is 1.24. The third kappa shape index (κ3) is 3.68. The summed E-state index contributed by atoms with van der Waals surface area (Å²) in [5.74, 6) is 1.82. The van der Waals surface area contributed by atoms with Crippen LogP contribution >= 0.6 is 12.6 Å². The Hall–Kier alpha value is -0.700. The zero-order chi connectivity index (χ0) is 9.52. The minimum atomic E-state index is 0.757. The summed E-state index contributed by atoms with van der Waals surface area (Å²) < 4.78 is 5.54. The van der Waals surface area contributed by atoms with Crippen LogP contribution in [0.1, 0.15) is 18.5 Å². The van der Waals surface area contributed by atoms with Crippen LogP contribution in [0, 0.1) is 6.92 Å². The summed E-state index contributed by atoms with van der Waals surface area (Å²) in [5.41, 5.74) is 0.952. The highest BCUT2D eigenvalue weighted by Crippen LogP contribution is 2.13. The molecule has 0 N–H and O–H groups in total. The molecule has 1 rings (SSSR count). The van der Waals surface area contributed by atoms with E-state index in [1.165, 1.54) is 0 Å². The van der Waals surface area contributed by atoms with Crippen LogP contribution in [0.15, 0.2) is 18.3 Å². The molecular formula is C10H15NOS. The van der Waals surface area contributed by atoms with Crippen molar-refractivity contribution in [2.45, 2.75) is 19.8 Å². The van der Waals surface area contributed by atoms with E-state index < -0.39 is 0 Å². The summed E-state index contributed by atoms with van der Waals surface area (Å²) >= 11 is 4.13. The van der Waals surface area contributed by atoms with Gasteiger partial charge in [-0.3, -0.25) is 4.98 Å². The van der Waals surface area contributed by atoms with Crippen molar-refractivity contribution < 1.29 is 4.74 Å². The van der Waals surface area contributed by atoms with E-state index in [4.69, 9.17) is 4.74 Å². The van der Waals surface area contributed by atoms with Crippen LogP contribution < -0.4 is 4.74 Å². The van der Waals surface area contributed by atoms with Gasteiger partial charge in [-0.05, 0) is 37.7 Å². The molecule has 3 heteroatoms. The highest BCUT2D eigenvalue weighted by molar-refractivity contribution is 7.80. The molecule has 0 bridgehead atoms. The molecule has 0 saturated carbocycles. The number of hydrogen-bond donors (Lipinski definition) is 1. The second-order valence-electron chi connectivity index (χ2n) is 2.87. The molecule has 0 radical (unpaired) electrons. The Balaban J connectivity index is 2.32. The van der Waals surface area contributed by atoms with Crippen molar-refractivity contribution in [2.75, 3.05) is 12.4 Å². The Morgan fingerprint density at radius 2 is 2.31 bits per heavy atom. The van der Waals surface area contributed by atoms with Gasteiger partial charge in [0.2, 0.25) is 0 Å². The van der Waals surface area contributed by atoms with E-state index >= 15 is 0 Å². The number of ether oxygens (including phenoxy) is 1. The zero-order valence-corrected chi connectivity index (χ0v) is 8.76. The third-order valence-electron chi connectivity index (χ3n) is 1.77.